The number of rotatable bonds is 10. The predicted octanol–water partition coefficient (Wildman–Crippen LogP) is 5.38. The number of hydrogen-bond donors (Lipinski definition) is 2. The Balaban J connectivity index is 1.69. The van der Waals surface area contributed by atoms with E-state index < -0.39 is 11.7 Å². The van der Waals surface area contributed by atoms with Gasteiger partial charge in [-0.05, 0) is 37.4 Å². The molecule has 2 aromatic carbocycles. The zero-order valence-electron chi connectivity index (χ0n) is 22.2. The summed E-state index contributed by atoms with van der Waals surface area (Å²) in [4.78, 5) is 23.5. The van der Waals surface area contributed by atoms with E-state index in [9.17, 15) is 18.0 Å². The zero-order valence-corrected chi connectivity index (χ0v) is 22.2. The number of carbonyl (C=O) groups excluding carboxylic acids is 1. The molecule has 1 aromatic heterocycles. The number of alkyl halides is 3. The Kier molecular flexibility index (Phi) is 9.24. The van der Waals surface area contributed by atoms with Crippen molar-refractivity contribution in [2.45, 2.75) is 32.5 Å². The molecule has 3 aromatic rings. The lowest BCUT2D eigenvalue weighted by atomic mass is 10.1. The maximum Gasteiger partial charge on any atom is 0.416 e. The summed E-state index contributed by atoms with van der Waals surface area (Å²) in [6, 6.07) is 6.57. The number of anilines is 3. The van der Waals surface area contributed by atoms with Crippen molar-refractivity contribution in [3.8, 4) is 18.1 Å². The van der Waals surface area contributed by atoms with Crippen LogP contribution in [0.1, 0.15) is 31.4 Å². The summed E-state index contributed by atoms with van der Waals surface area (Å²) >= 11 is 0. The predicted molar refractivity (Wildman–Crippen MR) is 148 cm³/mol. The number of carbonyl (C=O) groups is 1. The Labute approximate surface area is 230 Å². The Morgan fingerprint density at radius 2 is 2.02 bits per heavy atom. The van der Waals surface area contributed by atoms with E-state index in [0.29, 0.717) is 48.5 Å². The SMILES string of the molecule is C#Cc1cc(Nc2ncnc3cc(O[C@H]4CCOC4)c(NC(=O)/C=C/CN(CC)CC)cc23)cc(C(F)(F)F)c1. The van der Waals surface area contributed by atoms with Gasteiger partial charge < -0.3 is 25.0 Å². The number of ether oxygens (including phenoxy) is 2. The Hall–Kier alpha value is -4.14. The monoisotopic (exact) mass is 553 g/mol. The molecular formula is C29H30F3N5O3. The largest absolute Gasteiger partial charge is 0.486 e. The first kappa shape index (κ1) is 28.9. The van der Waals surface area contributed by atoms with Gasteiger partial charge in [-0.3, -0.25) is 4.79 Å². The first-order valence-electron chi connectivity index (χ1n) is 12.9. The number of nitrogens with one attached hydrogen (secondary N) is 2. The molecule has 11 heteroatoms. The number of hydrogen-bond acceptors (Lipinski definition) is 7. The van der Waals surface area contributed by atoms with Crippen LogP contribution in [0.5, 0.6) is 5.75 Å². The third kappa shape index (κ3) is 7.28. The van der Waals surface area contributed by atoms with Crippen molar-refractivity contribution in [1.29, 1.82) is 0 Å². The zero-order chi connectivity index (χ0) is 28.7. The van der Waals surface area contributed by atoms with Gasteiger partial charge in [-0.25, -0.2) is 9.97 Å². The van der Waals surface area contributed by atoms with Crippen LogP contribution in [0, 0.1) is 12.3 Å². The summed E-state index contributed by atoms with van der Waals surface area (Å²) in [5, 5.41) is 6.24. The summed E-state index contributed by atoms with van der Waals surface area (Å²) < 4.78 is 51.9. The molecule has 1 atom stereocenters. The summed E-state index contributed by atoms with van der Waals surface area (Å²) in [7, 11) is 0. The van der Waals surface area contributed by atoms with Gasteiger partial charge in [-0.2, -0.15) is 13.2 Å². The van der Waals surface area contributed by atoms with Gasteiger partial charge in [-0.15, -0.1) is 6.42 Å². The van der Waals surface area contributed by atoms with E-state index in [2.05, 4.69) is 31.4 Å². The highest BCUT2D eigenvalue weighted by Gasteiger charge is 2.31. The lowest BCUT2D eigenvalue weighted by Crippen LogP contribution is -2.23. The second kappa shape index (κ2) is 12.8. The molecule has 40 heavy (non-hydrogen) atoms. The number of amides is 1. The molecule has 4 rings (SSSR count). The lowest BCUT2D eigenvalue weighted by molar-refractivity contribution is -0.137. The van der Waals surface area contributed by atoms with E-state index in [-0.39, 0.29) is 29.1 Å². The van der Waals surface area contributed by atoms with Crippen molar-refractivity contribution < 1.29 is 27.4 Å². The molecule has 1 fully saturated rings. The van der Waals surface area contributed by atoms with Gasteiger partial charge in [0, 0.05) is 41.7 Å². The standard InChI is InChI=1S/C29H30F3N5O3/c1-4-19-12-20(29(30,31)32)14-21(13-19)35-28-23-15-25(36-27(38)8-7-10-37(5-2)6-3)26(16-24(23)33-18-34-28)40-22-9-11-39-17-22/h1,7-8,12-16,18,22H,5-6,9-11,17H2,2-3H3,(H,36,38)(H,33,34,35)/b8-7+/t22-/m0/s1. The molecule has 1 saturated heterocycles. The molecule has 1 amide bonds. The van der Waals surface area contributed by atoms with Crippen molar-refractivity contribution in [2.75, 3.05) is 43.5 Å². The minimum atomic E-state index is -4.58. The first-order chi connectivity index (χ1) is 19.2. The fraction of sp³-hybridized carbons (Fsp3) is 0.345. The van der Waals surface area contributed by atoms with E-state index in [1.54, 1.807) is 18.2 Å². The van der Waals surface area contributed by atoms with Gasteiger partial charge in [0.25, 0.3) is 0 Å². The first-order valence-corrected chi connectivity index (χ1v) is 12.9. The highest BCUT2D eigenvalue weighted by molar-refractivity contribution is 6.03. The number of nitrogens with zero attached hydrogens (tertiary/aromatic N) is 3. The molecule has 0 spiro atoms. The van der Waals surface area contributed by atoms with Crippen molar-refractivity contribution in [3.05, 3.63) is 59.9 Å². The smallest absolute Gasteiger partial charge is 0.416 e. The van der Waals surface area contributed by atoms with Crippen LogP contribution in [-0.2, 0) is 15.7 Å². The average Bonchev–Trinajstić information content (AvgIpc) is 3.44. The van der Waals surface area contributed by atoms with Gasteiger partial charge in [0.15, 0.2) is 0 Å². The van der Waals surface area contributed by atoms with Crippen LogP contribution in [-0.4, -0.2) is 59.7 Å². The fourth-order valence-corrected chi connectivity index (χ4v) is 4.21. The minimum absolute atomic E-state index is 0.0645. The minimum Gasteiger partial charge on any atom is -0.486 e. The maximum atomic E-state index is 13.4. The molecule has 2 N–H and O–H groups in total. The molecule has 1 aliphatic rings. The van der Waals surface area contributed by atoms with Crippen LogP contribution >= 0.6 is 0 Å². The maximum absolute atomic E-state index is 13.4. The number of aromatic nitrogens is 2. The topological polar surface area (TPSA) is 88.6 Å². The van der Waals surface area contributed by atoms with E-state index in [4.69, 9.17) is 15.9 Å². The normalized spacial score (nSPS) is 15.5. The molecule has 210 valence electrons. The van der Waals surface area contributed by atoms with E-state index in [1.807, 2.05) is 13.8 Å². The van der Waals surface area contributed by atoms with Crippen LogP contribution < -0.4 is 15.4 Å². The Morgan fingerprint density at radius 3 is 2.70 bits per heavy atom. The van der Waals surface area contributed by atoms with Gasteiger partial charge in [0.2, 0.25) is 5.91 Å². The van der Waals surface area contributed by atoms with Gasteiger partial charge in [0.1, 0.15) is 24.0 Å². The number of benzene rings is 2. The molecule has 0 bridgehead atoms. The molecule has 2 heterocycles. The number of halogens is 3. The molecule has 0 unspecified atom stereocenters. The Morgan fingerprint density at radius 1 is 1.23 bits per heavy atom. The Bertz CT molecular complexity index is 1420. The quantitative estimate of drug-likeness (QED) is 0.258. The molecule has 0 radical (unpaired) electrons. The molecule has 0 aliphatic carbocycles. The summed E-state index contributed by atoms with van der Waals surface area (Å²) in [6.45, 7) is 7.42. The van der Waals surface area contributed by atoms with Crippen molar-refractivity contribution in [3.63, 3.8) is 0 Å². The molecule has 8 nitrogen and oxygen atoms in total. The highest BCUT2D eigenvalue weighted by atomic mass is 19.4. The van der Waals surface area contributed by atoms with Crippen molar-refractivity contribution in [2.24, 2.45) is 0 Å². The van der Waals surface area contributed by atoms with Crippen molar-refractivity contribution in [1.82, 2.24) is 14.9 Å². The lowest BCUT2D eigenvalue weighted by Gasteiger charge is -2.18. The summed E-state index contributed by atoms with van der Waals surface area (Å²) in [5.41, 5.74) is 0.113. The molecule has 1 aliphatic heterocycles. The summed E-state index contributed by atoms with van der Waals surface area (Å²) in [6.07, 6.45) is 5.83. The van der Waals surface area contributed by atoms with Crippen molar-refractivity contribution >= 4 is 34.0 Å². The van der Waals surface area contributed by atoms with Gasteiger partial charge in [0.05, 0.1) is 30.0 Å². The second-order valence-electron chi connectivity index (χ2n) is 9.13. The van der Waals surface area contributed by atoms with E-state index >= 15 is 0 Å². The number of likely N-dealkylation sites (N-methyl/N-ethyl adjacent to an activating group) is 1. The van der Waals surface area contributed by atoms with Crippen LogP contribution in [0.4, 0.5) is 30.4 Å². The summed E-state index contributed by atoms with van der Waals surface area (Å²) in [5.74, 6) is 2.52. The number of fused-ring (bicyclic) bond motifs is 1. The van der Waals surface area contributed by atoms with Crippen LogP contribution in [0.15, 0.2) is 48.8 Å². The van der Waals surface area contributed by atoms with Crippen LogP contribution in [0.2, 0.25) is 0 Å². The highest BCUT2D eigenvalue weighted by Crippen LogP contribution is 2.36. The third-order valence-corrected chi connectivity index (χ3v) is 6.39. The fourth-order valence-electron chi connectivity index (χ4n) is 4.21. The van der Waals surface area contributed by atoms with Crippen LogP contribution in [0.25, 0.3) is 10.9 Å². The third-order valence-electron chi connectivity index (χ3n) is 6.39. The van der Waals surface area contributed by atoms with Gasteiger partial charge in [-0.1, -0.05) is 25.8 Å². The average molecular weight is 554 g/mol. The number of terminal acetylenes is 1. The molecular weight excluding hydrogens is 523 g/mol. The second-order valence-corrected chi connectivity index (χ2v) is 9.13. The van der Waals surface area contributed by atoms with E-state index in [0.717, 1.165) is 25.2 Å². The van der Waals surface area contributed by atoms with Gasteiger partial charge >= 0.3 is 6.18 Å². The van der Waals surface area contributed by atoms with Crippen LogP contribution in [0.3, 0.4) is 0 Å². The molecule has 0 saturated carbocycles. The van der Waals surface area contributed by atoms with E-state index in [1.165, 1.54) is 18.5 Å².